The van der Waals surface area contributed by atoms with Crippen LogP contribution in [-0.2, 0) is 4.79 Å². The molecule has 1 saturated heterocycles. The monoisotopic (exact) mass is 270 g/mol. The molecule has 2 aromatic rings. The van der Waals surface area contributed by atoms with Crippen LogP contribution in [0.1, 0.15) is 19.3 Å². The molecule has 0 bridgehead atoms. The Hall–Kier alpha value is -2.14. The fourth-order valence-corrected chi connectivity index (χ4v) is 2.49. The van der Waals surface area contributed by atoms with E-state index in [1.54, 1.807) is 10.9 Å². The highest BCUT2D eigenvalue weighted by molar-refractivity contribution is 5.96. The summed E-state index contributed by atoms with van der Waals surface area (Å²) in [6.07, 6.45) is 6.74. The molecule has 1 amide bonds. The standard InChI is InChI=1S/C15H18N4O/c20-15(13-7-3-4-9-16-13)18-12-6-1-2-8-14(12)19-11-5-10-17-19/h1-2,5-6,8,10-11,13,16H,3-4,7,9H2,(H,18,20)/t13-/m1/s1. The highest BCUT2D eigenvalue weighted by Crippen LogP contribution is 2.20. The van der Waals surface area contributed by atoms with Crippen LogP contribution in [-0.4, -0.2) is 28.3 Å². The Bertz CT molecular complexity index is 573. The maximum Gasteiger partial charge on any atom is 0.241 e. The van der Waals surface area contributed by atoms with Crippen molar-refractivity contribution < 1.29 is 4.79 Å². The lowest BCUT2D eigenvalue weighted by atomic mass is 10.0. The third-order valence-electron chi connectivity index (χ3n) is 3.54. The first-order chi connectivity index (χ1) is 9.84. The Balaban J connectivity index is 1.79. The summed E-state index contributed by atoms with van der Waals surface area (Å²) in [7, 11) is 0. The van der Waals surface area contributed by atoms with Crippen molar-refractivity contribution in [3.63, 3.8) is 0 Å². The van der Waals surface area contributed by atoms with Crippen LogP contribution in [0.2, 0.25) is 0 Å². The lowest BCUT2D eigenvalue weighted by Crippen LogP contribution is -2.43. The SMILES string of the molecule is O=C(Nc1ccccc1-n1cccn1)[C@H]1CCCCN1. The molecule has 1 aromatic heterocycles. The molecule has 0 radical (unpaired) electrons. The van der Waals surface area contributed by atoms with Crippen LogP contribution in [0.25, 0.3) is 5.69 Å². The van der Waals surface area contributed by atoms with E-state index >= 15 is 0 Å². The molecule has 104 valence electrons. The Labute approximate surface area is 118 Å². The molecule has 1 aliphatic heterocycles. The number of amides is 1. The maximum absolute atomic E-state index is 12.3. The number of benzene rings is 1. The van der Waals surface area contributed by atoms with Crippen molar-refractivity contribution in [1.29, 1.82) is 0 Å². The van der Waals surface area contributed by atoms with Gasteiger partial charge in [-0.15, -0.1) is 0 Å². The highest BCUT2D eigenvalue weighted by Gasteiger charge is 2.21. The van der Waals surface area contributed by atoms with Crippen molar-refractivity contribution in [1.82, 2.24) is 15.1 Å². The zero-order chi connectivity index (χ0) is 13.8. The second-order valence-electron chi connectivity index (χ2n) is 4.96. The van der Waals surface area contributed by atoms with Crippen molar-refractivity contribution in [3.05, 3.63) is 42.7 Å². The van der Waals surface area contributed by atoms with Crippen LogP contribution < -0.4 is 10.6 Å². The van der Waals surface area contributed by atoms with Gasteiger partial charge in [-0.2, -0.15) is 5.10 Å². The molecule has 20 heavy (non-hydrogen) atoms. The predicted octanol–water partition coefficient (Wildman–Crippen LogP) is 1.95. The summed E-state index contributed by atoms with van der Waals surface area (Å²) >= 11 is 0. The van der Waals surface area contributed by atoms with Gasteiger partial charge in [-0.3, -0.25) is 4.79 Å². The molecule has 0 aliphatic carbocycles. The molecule has 1 atom stereocenters. The Morgan fingerprint density at radius 2 is 2.20 bits per heavy atom. The van der Waals surface area contributed by atoms with Crippen molar-refractivity contribution in [2.75, 3.05) is 11.9 Å². The van der Waals surface area contributed by atoms with E-state index in [4.69, 9.17) is 0 Å². The van der Waals surface area contributed by atoms with E-state index in [1.165, 1.54) is 0 Å². The predicted molar refractivity (Wildman–Crippen MR) is 77.8 cm³/mol. The highest BCUT2D eigenvalue weighted by atomic mass is 16.2. The minimum absolute atomic E-state index is 0.0318. The number of anilines is 1. The van der Waals surface area contributed by atoms with Crippen molar-refractivity contribution >= 4 is 11.6 Å². The van der Waals surface area contributed by atoms with Crippen LogP contribution in [0, 0.1) is 0 Å². The lowest BCUT2D eigenvalue weighted by molar-refractivity contribution is -0.118. The molecule has 0 saturated carbocycles. The average molecular weight is 270 g/mol. The fraction of sp³-hybridized carbons (Fsp3) is 0.333. The minimum Gasteiger partial charge on any atom is -0.323 e. The number of para-hydroxylation sites is 2. The third kappa shape index (κ3) is 2.72. The number of rotatable bonds is 3. The largest absolute Gasteiger partial charge is 0.323 e. The summed E-state index contributed by atoms with van der Waals surface area (Å²) in [6, 6.07) is 9.47. The van der Waals surface area contributed by atoms with Crippen molar-refractivity contribution in [2.45, 2.75) is 25.3 Å². The molecule has 1 aromatic carbocycles. The molecular formula is C15H18N4O. The maximum atomic E-state index is 12.3. The number of nitrogens with one attached hydrogen (secondary N) is 2. The summed E-state index contributed by atoms with van der Waals surface area (Å²) in [5, 5.41) is 10.5. The topological polar surface area (TPSA) is 59.0 Å². The average Bonchev–Trinajstić information content (AvgIpc) is 3.03. The van der Waals surface area contributed by atoms with Gasteiger partial charge in [0.05, 0.1) is 17.4 Å². The van der Waals surface area contributed by atoms with Crippen LogP contribution in [0.4, 0.5) is 5.69 Å². The first kappa shape index (κ1) is 12.9. The lowest BCUT2D eigenvalue weighted by Gasteiger charge is -2.23. The van der Waals surface area contributed by atoms with E-state index in [2.05, 4.69) is 15.7 Å². The smallest absolute Gasteiger partial charge is 0.241 e. The number of hydrogen-bond donors (Lipinski definition) is 2. The molecule has 1 fully saturated rings. The second-order valence-corrected chi connectivity index (χ2v) is 4.96. The summed E-state index contributed by atoms with van der Waals surface area (Å²) in [5.41, 5.74) is 1.66. The van der Waals surface area contributed by atoms with Gasteiger partial charge in [-0.1, -0.05) is 18.6 Å². The Morgan fingerprint density at radius 3 is 2.95 bits per heavy atom. The zero-order valence-corrected chi connectivity index (χ0v) is 11.2. The van der Waals surface area contributed by atoms with E-state index in [0.717, 1.165) is 37.2 Å². The van der Waals surface area contributed by atoms with Gasteiger partial charge in [-0.05, 0) is 37.6 Å². The number of carbonyl (C=O) groups excluding carboxylic acids is 1. The summed E-state index contributed by atoms with van der Waals surface area (Å²) in [5.74, 6) is 0.0318. The Kier molecular flexibility index (Phi) is 3.78. The first-order valence-electron chi connectivity index (χ1n) is 6.98. The molecule has 2 heterocycles. The normalized spacial score (nSPS) is 18.7. The van der Waals surface area contributed by atoms with Gasteiger partial charge in [0.2, 0.25) is 5.91 Å². The number of aromatic nitrogens is 2. The van der Waals surface area contributed by atoms with Gasteiger partial charge in [0.1, 0.15) is 0 Å². The van der Waals surface area contributed by atoms with Crippen LogP contribution in [0.5, 0.6) is 0 Å². The molecule has 5 nitrogen and oxygen atoms in total. The number of hydrogen-bond acceptors (Lipinski definition) is 3. The van der Waals surface area contributed by atoms with Gasteiger partial charge < -0.3 is 10.6 Å². The molecule has 3 rings (SSSR count). The summed E-state index contributed by atoms with van der Waals surface area (Å²) in [6.45, 7) is 0.916. The van der Waals surface area contributed by atoms with Crippen LogP contribution in [0.15, 0.2) is 42.7 Å². The van der Waals surface area contributed by atoms with Crippen molar-refractivity contribution in [2.24, 2.45) is 0 Å². The molecule has 5 heteroatoms. The first-order valence-corrected chi connectivity index (χ1v) is 6.98. The van der Waals surface area contributed by atoms with Crippen LogP contribution in [0.3, 0.4) is 0 Å². The fourth-order valence-electron chi connectivity index (χ4n) is 2.49. The van der Waals surface area contributed by atoms with Crippen molar-refractivity contribution in [3.8, 4) is 5.69 Å². The quantitative estimate of drug-likeness (QED) is 0.896. The molecule has 2 N–H and O–H groups in total. The Morgan fingerprint density at radius 1 is 1.30 bits per heavy atom. The van der Waals surface area contributed by atoms with Gasteiger partial charge in [0, 0.05) is 12.4 Å². The van der Waals surface area contributed by atoms with E-state index < -0.39 is 0 Å². The number of nitrogens with zero attached hydrogens (tertiary/aromatic N) is 2. The van der Waals surface area contributed by atoms with E-state index in [-0.39, 0.29) is 11.9 Å². The molecular weight excluding hydrogens is 252 g/mol. The van der Waals surface area contributed by atoms with Gasteiger partial charge in [-0.25, -0.2) is 4.68 Å². The van der Waals surface area contributed by atoms with E-state index in [1.807, 2.05) is 36.5 Å². The summed E-state index contributed by atoms with van der Waals surface area (Å²) < 4.78 is 1.75. The van der Waals surface area contributed by atoms with E-state index in [0.29, 0.717) is 0 Å². The van der Waals surface area contributed by atoms with Crippen LogP contribution >= 0.6 is 0 Å². The van der Waals surface area contributed by atoms with Gasteiger partial charge in [0.15, 0.2) is 0 Å². The number of carbonyl (C=O) groups is 1. The second kappa shape index (κ2) is 5.88. The molecule has 1 aliphatic rings. The number of piperidine rings is 1. The van der Waals surface area contributed by atoms with Gasteiger partial charge in [0.25, 0.3) is 0 Å². The third-order valence-corrected chi connectivity index (χ3v) is 3.54. The van der Waals surface area contributed by atoms with E-state index in [9.17, 15) is 4.79 Å². The van der Waals surface area contributed by atoms with Gasteiger partial charge >= 0.3 is 0 Å². The summed E-state index contributed by atoms with van der Waals surface area (Å²) in [4.78, 5) is 12.3. The molecule has 0 unspecified atom stereocenters. The molecule has 0 spiro atoms. The zero-order valence-electron chi connectivity index (χ0n) is 11.2. The minimum atomic E-state index is -0.0885.